The van der Waals surface area contributed by atoms with Crippen LogP contribution in [0.2, 0.25) is 10.0 Å². The van der Waals surface area contributed by atoms with Crippen molar-refractivity contribution in [3.05, 3.63) is 63.1 Å². The SMILES string of the molecule is COc1c(CC(NC(=O)c2c(Cl)cccc2Cl)B2OC3CC4CC(C4(C)C)C3(C)O2)cccc1C(=O)OC(C)(C)C. The van der Waals surface area contributed by atoms with E-state index in [0.717, 1.165) is 12.8 Å². The van der Waals surface area contributed by atoms with Crippen LogP contribution in [0.25, 0.3) is 0 Å². The molecule has 4 fully saturated rings. The van der Waals surface area contributed by atoms with Gasteiger partial charge in [-0.15, -0.1) is 0 Å². The third kappa shape index (κ3) is 5.49. The molecule has 0 spiro atoms. The first kappa shape index (κ1) is 30.2. The molecule has 2 bridgehead atoms. The van der Waals surface area contributed by atoms with Gasteiger partial charge in [0.2, 0.25) is 0 Å². The smallest absolute Gasteiger partial charge is 0.482 e. The third-order valence-corrected chi connectivity index (χ3v) is 9.79. The third-order valence-electron chi connectivity index (χ3n) is 9.16. The Balaban J connectivity index is 1.48. The Morgan fingerprint density at radius 2 is 1.76 bits per heavy atom. The molecule has 1 heterocycles. The molecule has 7 nitrogen and oxygen atoms in total. The van der Waals surface area contributed by atoms with E-state index in [-0.39, 0.29) is 33.5 Å². The second kappa shape index (κ2) is 10.8. The average Bonchev–Trinajstić information content (AvgIpc) is 3.24. The highest BCUT2D eigenvalue weighted by Crippen LogP contribution is 2.65. The van der Waals surface area contributed by atoms with Crippen LogP contribution in [0.5, 0.6) is 5.75 Å². The van der Waals surface area contributed by atoms with E-state index < -0.39 is 36.1 Å². The topological polar surface area (TPSA) is 83.1 Å². The monoisotopic (exact) mass is 601 g/mol. The molecule has 0 radical (unpaired) electrons. The first-order valence-electron chi connectivity index (χ1n) is 14.1. The summed E-state index contributed by atoms with van der Waals surface area (Å²) in [5, 5.41) is 3.58. The number of methoxy groups -OCH3 is 1. The van der Waals surface area contributed by atoms with Gasteiger partial charge in [0, 0.05) is 0 Å². The van der Waals surface area contributed by atoms with Crippen molar-refractivity contribution in [3.63, 3.8) is 0 Å². The van der Waals surface area contributed by atoms with Crippen LogP contribution in [-0.2, 0) is 20.5 Å². The van der Waals surface area contributed by atoms with Crippen LogP contribution in [0.4, 0.5) is 0 Å². The van der Waals surface area contributed by atoms with Gasteiger partial charge in [0.05, 0.1) is 40.4 Å². The Morgan fingerprint density at radius 1 is 1.10 bits per heavy atom. The van der Waals surface area contributed by atoms with E-state index in [0.29, 0.717) is 28.7 Å². The largest absolute Gasteiger partial charge is 0.496 e. The van der Waals surface area contributed by atoms with Crippen molar-refractivity contribution in [3.8, 4) is 5.75 Å². The van der Waals surface area contributed by atoms with Gasteiger partial charge >= 0.3 is 13.1 Å². The Kier molecular flexibility index (Phi) is 7.95. The molecule has 5 unspecified atom stereocenters. The number of benzene rings is 2. The quantitative estimate of drug-likeness (QED) is 0.286. The minimum absolute atomic E-state index is 0.0810. The molecule has 4 aliphatic rings. The molecule has 6 rings (SSSR count). The van der Waals surface area contributed by atoms with E-state index in [4.69, 9.17) is 42.0 Å². The van der Waals surface area contributed by atoms with Crippen molar-refractivity contribution < 1.29 is 28.4 Å². The lowest BCUT2D eigenvalue weighted by molar-refractivity contribution is -0.199. The van der Waals surface area contributed by atoms with Gasteiger partial charge in [-0.25, -0.2) is 4.79 Å². The number of carbonyl (C=O) groups is 2. The van der Waals surface area contributed by atoms with Crippen LogP contribution in [0, 0.1) is 17.3 Å². The van der Waals surface area contributed by atoms with Crippen LogP contribution < -0.4 is 10.1 Å². The summed E-state index contributed by atoms with van der Waals surface area (Å²) < 4.78 is 24.7. The molecular weight excluding hydrogens is 564 g/mol. The normalized spacial score (nSPS) is 27.0. The second-order valence-corrected chi connectivity index (χ2v) is 14.0. The first-order chi connectivity index (χ1) is 19.2. The van der Waals surface area contributed by atoms with Gasteiger partial charge in [0.15, 0.2) is 0 Å². The summed E-state index contributed by atoms with van der Waals surface area (Å²) in [5.41, 5.74) is 0.197. The standard InChI is InChI=1S/C31H38BCl2NO6/c1-29(2,3)39-28(37)19-11-8-10-17(26(19)38-7)14-24(35-27(36)25-20(33)12-9-13-21(25)34)32-40-23-16-18-15-22(30(18,4)5)31(23,6)41-32/h8-13,18,22-24H,14-16H2,1-7H3,(H,35,36). The van der Waals surface area contributed by atoms with Gasteiger partial charge in [0.1, 0.15) is 16.9 Å². The molecule has 41 heavy (non-hydrogen) atoms. The van der Waals surface area contributed by atoms with E-state index in [9.17, 15) is 9.59 Å². The van der Waals surface area contributed by atoms with E-state index in [1.165, 1.54) is 7.11 Å². The predicted molar refractivity (Wildman–Crippen MR) is 160 cm³/mol. The Morgan fingerprint density at radius 3 is 2.37 bits per heavy atom. The number of hydrogen-bond donors (Lipinski definition) is 1. The highest BCUT2D eigenvalue weighted by molar-refractivity contribution is 6.48. The van der Waals surface area contributed by atoms with E-state index in [2.05, 4.69) is 26.1 Å². The highest BCUT2D eigenvalue weighted by Gasteiger charge is 2.68. The van der Waals surface area contributed by atoms with E-state index >= 15 is 0 Å². The summed E-state index contributed by atoms with van der Waals surface area (Å²) in [6.45, 7) is 12.2. The number of halogens is 2. The fourth-order valence-electron chi connectivity index (χ4n) is 6.96. The van der Waals surface area contributed by atoms with Gasteiger partial charge in [-0.05, 0) is 88.0 Å². The summed E-state index contributed by atoms with van der Waals surface area (Å²) in [6.07, 6.45) is 2.19. The van der Waals surface area contributed by atoms with Gasteiger partial charge in [-0.2, -0.15) is 0 Å². The zero-order valence-electron chi connectivity index (χ0n) is 24.7. The van der Waals surface area contributed by atoms with Crippen LogP contribution in [0.3, 0.4) is 0 Å². The summed E-state index contributed by atoms with van der Waals surface area (Å²) in [6, 6.07) is 10.2. The number of amides is 1. The van der Waals surface area contributed by atoms with E-state index in [1.807, 2.05) is 26.8 Å². The highest BCUT2D eigenvalue weighted by atomic mass is 35.5. The molecule has 1 aliphatic heterocycles. The van der Waals surface area contributed by atoms with Crippen molar-refractivity contribution in [2.24, 2.45) is 17.3 Å². The number of para-hydroxylation sites is 1. The maximum Gasteiger partial charge on any atom is 0.482 e. The van der Waals surface area contributed by atoms with Crippen molar-refractivity contribution in [2.45, 2.75) is 84.1 Å². The zero-order valence-corrected chi connectivity index (χ0v) is 26.2. The lowest BCUT2D eigenvalue weighted by atomic mass is 9.43. The average molecular weight is 602 g/mol. The summed E-state index contributed by atoms with van der Waals surface area (Å²) in [5.74, 6) is -0.267. The lowest BCUT2D eigenvalue weighted by Gasteiger charge is -2.64. The van der Waals surface area contributed by atoms with Crippen LogP contribution in [0.1, 0.15) is 80.7 Å². The number of hydrogen-bond acceptors (Lipinski definition) is 6. The van der Waals surface area contributed by atoms with Gasteiger partial charge in [-0.3, -0.25) is 4.79 Å². The zero-order chi connectivity index (χ0) is 29.9. The number of ether oxygens (including phenoxy) is 2. The molecule has 2 aromatic rings. The Labute approximate surface area is 252 Å². The fraction of sp³-hybridized carbons (Fsp3) is 0.548. The molecule has 10 heteroatoms. The minimum atomic E-state index is -0.736. The molecule has 5 atom stereocenters. The van der Waals surface area contributed by atoms with Crippen LogP contribution in [0.15, 0.2) is 36.4 Å². The summed E-state index contributed by atoms with van der Waals surface area (Å²) in [4.78, 5) is 26.6. The molecule has 220 valence electrons. The molecule has 1 saturated heterocycles. The van der Waals surface area contributed by atoms with Crippen molar-refractivity contribution in [2.75, 3.05) is 7.11 Å². The van der Waals surface area contributed by atoms with Crippen molar-refractivity contribution in [1.29, 1.82) is 0 Å². The second-order valence-electron chi connectivity index (χ2n) is 13.2. The fourth-order valence-corrected chi connectivity index (χ4v) is 7.53. The molecule has 1 N–H and O–H groups in total. The molecule has 2 aromatic carbocycles. The Bertz CT molecular complexity index is 1340. The predicted octanol–water partition coefficient (Wildman–Crippen LogP) is 6.57. The van der Waals surface area contributed by atoms with E-state index in [1.54, 1.807) is 30.3 Å². The Hall–Kier alpha value is -2.26. The lowest BCUT2D eigenvalue weighted by Crippen LogP contribution is -2.65. The summed E-state index contributed by atoms with van der Waals surface area (Å²) in [7, 11) is 0.775. The molecule has 3 aliphatic carbocycles. The molecular formula is C31H38BCl2NO6. The maximum absolute atomic E-state index is 13.6. The van der Waals surface area contributed by atoms with Crippen molar-refractivity contribution in [1.82, 2.24) is 5.32 Å². The molecule has 1 amide bonds. The van der Waals surface area contributed by atoms with Gasteiger partial charge in [-0.1, -0.05) is 55.2 Å². The summed E-state index contributed by atoms with van der Waals surface area (Å²) >= 11 is 12.8. The number of rotatable bonds is 7. The number of esters is 1. The van der Waals surface area contributed by atoms with Crippen LogP contribution >= 0.6 is 23.2 Å². The molecule has 0 aromatic heterocycles. The van der Waals surface area contributed by atoms with Gasteiger partial charge in [0.25, 0.3) is 5.91 Å². The van der Waals surface area contributed by atoms with Gasteiger partial charge < -0.3 is 24.1 Å². The number of carbonyl (C=O) groups excluding carboxylic acids is 2. The van der Waals surface area contributed by atoms with Crippen molar-refractivity contribution >= 4 is 42.2 Å². The first-order valence-corrected chi connectivity index (χ1v) is 14.9. The maximum atomic E-state index is 13.6. The van der Waals surface area contributed by atoms with Crippen LogP contribution in [-0.4, -0.2) is 49.4 Å². The minimum Gasteiger partial charge on any atom is -0.496 e. The number of nitrogens with one attached hydrogen (secondary N) is 1. The molecule has 3 saturated carbocycles.